The highest BCUT2D eigenvalue weighted by Crippen LogP contribution is 2.10. The third-order valence-corrected chi connectivity index (χ3v) is 5.24. The second kappa shape index (κ2) is 14.9. The van der Waals surface area contributed by atoms with E-state index in [0.717, 1.165) is 11.1 Å². The van der Waals surface area contributed by atoms with E-state index in [9.17, 15) is 14.4 Å². The van der Waals surface area contributed by atoms with E-state index in [1.54, 1.807) is 67.8 Å². The van der Waals surface area contributed by atoms with Gasteiger partial charge in [0.05, 0.1) is 6.54 Å². The number of rotatable bonds is 9. The summed E-state index contributed by atoms with van der Waals surface area (Å²) < 4.78 is 0. The zero-order valence-electron chi connectivity index (χ0n) is 20.2. The van der Waals surface area contributed by atoms with Crippen LogP contribution in [0.2, 0.25) is 0 Å². The molecule has 3 aromatic rings. The lowest BCUT2D eigenvalue weighted by molar-refractivity contribution is -0.131. The Labute approximate surface area is 222 Å². The van der Waals surface area contributed by atoms with E-state index >= 15 is 0 Å². The van der Waals surface area contributed by atoms with E-state index in [2.05, 4.69) is 32.8 Å². The number of benzene rings is 2. The quantitative estimate of drug-likeness (QED) is 0.144. The zero-order chi connectivity index (χ0) is 26.6. The van der Waals surface area contributed by atoms with Crippen molar-refractivity contribution in [1.82, 2.24) is 21.1 Å². The maximum absolute atomic E-state index is 12.4. The van der Waals surface area contributed by atoms with E-state index < -0.39 is 23.9 Å². The van der Waals surface area contributed by atoms with Crippen LogP contribution in [0.25, 0.3) is 0 Å². The molecule has 1 heterocycles. The Hall–Kier alpha value is -4.56. The molecule has 198 valence electrons. The highest BCUT2D eigenvalue weighted by atomic mass is 16.5. The van der Waals surface area contributed by atoms with Gasteiger partial charge in [-0.25, -0.2) is 5.48 Å². The number of aromatic nitrogens is 1. The molecule has 0 spiro atoms. The fourth-order valence-corrected chi connectivity index (χ4v) is 3.24. The minimum atomic E-state index is -1.08. The molecule has 0 fully saturated rings. The molecule has 0 bridgehead atoms. The molecule has 2 atom stereocenters. The van der Waals surface area contributed by atoms with Crippen LogP contribution in [0, 0.1) is 11.8 Å². The fraction of sp³-hybridized carbons (Fsp3) is 0.214. The molecule has 10 nitrogen and oxygen atoms in total. The molecule has 3 rings (SSSR count). The van der Waals surface area contributed by atoms with Gasteiger partial charge >= 0.3 is 0 Å². The molecule has 0 aliphatic carbocycles. The van der Waals surface area contributed by atoms with Gasteiger partial charge in [-0.2, -0.15) is 0 Å². The van der Waals surface area contributed by atoms with Crippen molar-refractivity contribution in [2.24, 2.45) is 5.73 Å². The lowest BCUT2D eigenvalue weighted by Gasteiger charge is -2.20. The molecule has 3 amide bonds. The summed E-state index contributed by atoms with van der Waals surface area (Å²) in [6.45, 7) is 2.30. The second-order valence-corrected chi connectivity index (χ2v) is 8.20. The van der Waals surface area contributed by atoms with Crippen LogP contribution in [0.4, 0.5) is 5.69 Å². The van der Waals surface area contributed by atoms with Gasteiger partial charge < -0.3 is 21.7 Å². The SMILES string of the molecule is C.C[C@@H](N)[C@H](NC(=O)c1ccc(C#Cc2ccc(NC(=O)CNCc3ccncc3)cc2)cc1)C(=O)NO. The first kappa shape index (κ1) is 29.7. The number of pyridine rings is 1. The van der Waals surface area contributed by atoms with Crippen LogP contribution in [-0.4, -0.2) is 46.5 Å². The first-order valence-electron chi connectivity index (χ1n) is 11.5. The molecule has 0 saturated carbocycles. The van der Waals surface area contributed by atoms with Crippen LogP contribution in [0.15, 0.2) is 73.1 Å². The first-order chi connectivity index (χ1) is 17.9. The average Bonchev–Trinajstić information content (AvgIpc) is 2.91. The van der Waals surface area contributed by atoms with Gasteiger partial charge in [-0.1, -0.05) is 19.3 Å². The first-order valence-corrected chi connectivity index (χ1v) is 11.5. The van der Waals surface area contributed by atoms with Gasteiger partial charge in [0.1, 0.15) is 6.04 Å². The standard InChI is InChI=1S/C27H28N6O4.CH4/c1-18(28)25(27(36)33-37)32-26(35)22-8-4-19(5-9-22)2-3-20-6-10-23(11-7-20)31-24(34)17-30-16-21-12-14-29-15-13-21;/h4-15,18,25,30,37H,16-17,28H2,1H3,(H,31,34)(H,32,35)(H,33,36);1H4/t18-,25+;/m1./s1. The van der Waals surface area contributed by atoms with Gasteiger partial charge in [-0.05, 0) is 73.2 Å². The van der Waals surface area contributed by atoms with E-state index in [-0.39, 0.29) is 19.9 Å². The largest absolute Gasteiger partial charge is 0.339 e. The number of carbonyl (C=O) groups is 3. The maximum Gasteiger partial charge on any atom is 0.267 e. The predicted molar refractivity (Wildman–Crippen MR) is 145 cm³/mol. The summed E-state index contributed by atoms with van der Waals surface area (Å²) in [5, 5.41) is 17.2. The Balaban J connectivity index is 0.00000507. The van der Waals surface area contributed by atoms with E-state index in [4.69, 9.17) is 10.9 Å². The molecule has 10 heteroatoms. The Bertz CT molecular complexity index is 1270. The number of carbonyl (C=O) groups excluding carboxylic acids is 3. The second-order valence-electron chi connectivity index (χ2n) is 8.20. The molecule has 0 radical (unpaired) electrons. The van der Waals surface area contributed by atoms with Crippen LogP contribution in [0.3, 0.4) is 0 Å². The van der Waals surface area contributed by atoms with E-state index in [1.807, 2.05) is 12.1 Å². The lowest BCUT2D eigenvalue weighted by Crippen LogP contribution is -2.54. The number of hydrogen-bond acceptors (Lipinski definition) is 7. The van der Waals surface area contributed by atoms with Gasteiger partial charge in [0.2, 0.25) is 5.91 Å². The number of hydroxylamine groups is 1. The fourth-order valence-electron chi connectivity index (χ4n) is 3.24. The van der Waals surface area contributed by atoms with Crippen molar-refractivity contribution in [2.75, 3.05) is 11.9 Å². The zero-order valence-corrected chi connectivity index (χ0v) is 20.2. The van der Waals surface area contributed by atoms with Crippen LogP contribution >= 0.6 is 0 Å². The monoisotopic (exact) mass is 516 g/mol. The number of nitrogens with zero attached hydrogens (tertiary/aromatic N) is 1. The summed E-state index contributed by atoms with van der Waals surface area (Å²) in [7, 11) is 0. The van der Waals surface area contributed by atoms with Gasteiger partial charge in [-0.3, -0.25) is 24.6 Å². The molecular formula is C28H32N6O4. The molecule has 0 aliphatic rings. The molecule has 1 aromatic heterocycles. The van der Waals surface area contributed by atoms with Crippen molar-refractivity contribution in [3.8, 4) is 11.8 Å². The minimum Gasteiger partial charge on any atom is -0.339 e. The van der Waals surface area contributed by atoms with Crippen LogP contribution in [-0.2, 0) is 16.1 Å². The normalized spacial score (nSPS) is 11.6. The number of amides is 3. The van der Waals surface area contributed by atoms with Gasteiger partial charge in [0, 0.05) is 47.4 Å². The summed E-state index contributed by atoms with van der Waals surface area (Å²) in [6, 6.07) is 15.7. The Kier molecular flexibility index (Phi) is 11.6. The van der Waals surface area contributed by atoms with Crippen molar-refractivity contribution in [3.63, 3.8) is 0 Å². The summed E-state index contributed by atoms with van der Waals surface area (Å²) in [4.78, 5) is 40.2. The Morgan fingerprint density at radius 1 is 0.947 bits per heavy atom. The van der Waals surface area contributed by atoms with Gasteiger partial charge in [0.15, 0.2) is 0 Å². The van der Waals surface area contributed by atoms with Crippen molar-refractivity contribution in [3.05, 3.63) is 95.3 Å². The third-order valence-electron chi connectivity index (χ3n) is 5.24. The van der Waals surface area contributed by atoms with Crippen molar-refractivity contribution >= 4 is 23.4 Å². The Morgan fingerprint density at radius 2 is 1.53 bits per heavy atom. The highest BCUT2D eigenvalue weighted by molar-refractivity contribution is 5.97. The topological polar surface area (TPSA) is 158 Å². The maximum atomic E-state index is 12.4. The molecule has 0 aliphatic heterocycles. The highest BCUT2D eigenvalue weighted by Gasteiger charge is 2.24. The predicted octanol–water partition coefficient (Wildman–Crippen LogP) is 1.80. The summed E-state index contributed by atoms with van der Waals surface area (Å²) >= 11 is 0. The molecule has 0 saturated heterocycles. The number of hydrogen-bond donors (Lipinski definition) is 6. The number of nitrogens with two attached hydrogens (primary N) is 1. The molecule has 38 heavy (non-hydrogen) atoms. The van der Waals surface area contributed by atoms with Crippen molar-refractivity contribution < 1.29 is 19.6 Å². The van der Waals surface area contributed by atoms with E-state index in [1.165, 1.54) is 5.48 Å². The Morgan fingerprint density at radius 3 is 2.08 bits per heavy atom. The van der Waals surface area contributed by atoms with Gasteiger partial charge in [0.25, 0.3) is 11.8 Å². The average molecular weight is 517 g/mol. The summed E-state index contributed by atoms with van der Waals surface area (Å²) in [5.41, 5.74) is 10.7. The number of anilines is 1. The van der Waals surface area contributed by atoms with Crippen molar-refractivity contribution in [1.29, 1.82) is 0 Å². The summed E-state index contributed by atoms with van der Waals surface area (Å²) in [6.07, 6.45) is 3.41. The molecule has 0 unspecified atom stereocenters. The summed E-state index contributed by atoms with van der Waals surface area (Å²) in [5.74, 6) is 4.60. The molecular weight excluding hydrogens is 484 g/mol. The minimum absolute atomic E-state index is 0. The smallest absolute Gasteiger partial charge is 0.267 e. The molecule has 2 aromatic carbocycles. The third kappa shape index (κ3) is 9.15. The van der Waals surface area contributed by atoms with Crippen LogP contribution in [0.5, 0.6) is 0 Å². The lowest BCUT2D eigenvalue weighted by atomic mass is 10.1. The number of nitrogens with one attached hydrogen (secondary N) is 4. The van der Waals surface area contributed by atoms with Crippen LogP contribution < -0.4 is 27.2 Å². The van der Waals surface area contributed by atoms with Gasteiger partial charge in [-0.15, -0.1) is 0 Å². The van der Waals surface area contributed by atoms with E-state index in [0.29, 0.717) is 23.4 Å². The molecule has 7 N–H and O–H groups in total. The van der Waals surface area contributed by atoms with Crippen LogP contribution in [0.1, 0.15) is 41.4 Å². The van der Waals surface area contributed by atoms with Crippen molar-refractivity contribution in [2.45, 2.75) is 33.0 Å².